The van der Waals surface area contributed by atoms with Gasteiger partial charge in [-0.25, -0.2) is 15.0 Å². The molecule has 0 saturated heterocycles. The first-order valence-electron chi connectivity index (χ1n) is 13.6. The van der Waals surface area contributed by atoms with Crippen LogP contribution in [0.2, 0.25) is 5.02 Å². The van der Waals surface area contributed by atoms with Gasteiger partial charge in [-0.1, -0.05) is 72.1 Å². The van der Waals surface area contributed by atoms with Gasteiger partial charge in [-0.2, -0.15) is 0 Å². The summed E-state index contributed by atoms with van der Waals surface area (Å²) in [5.41, 5.74) is 4.92. The zero-order valence-corrected chi connectivity index (χ0v) is 23.5. The fourth-order valence-corrected chi connectivity index (χ4v) is 5.58. The third kappa shape index (κ3) is 5.63. The first kappa shape index (κ1) is 27.6. The van der Waals surface area contributed by atoms with Crippen molar-refractivity contribution >= 4 is 34.4 Å². The summed E-state index contributed by atoms with van der Waals surface area (Å²) in [4.78, 5) is 26.0. The summed E-state index contributed by atoms with van der Waals surface area (Å²) < 4.78 is 1.71. The number of aliphatic hydroxyl groups is 2. The van der Waals surface area contributed by atoms with E-state index in [-0.39, 0.29) is 18.0 Å². The number of nitrogens with one attached hydrogen (secondary N) is 1. The average molecular weight is 578 g/mol. The highest BCUT2D eigenvalue weighted by molar-refractivity contribution is 6.30. The Morgan fingerprint density at radius 2 is 1.74 bits per heavy atom. The molecule has 1 aliphatic rings. The van der Waals surface area contributed by atoms with Gasteiger partial charge >= 0.3 is 0 Å². The molecule has 1 unspecified atom stereocenters. The number of aliphatic hydroxyl groups excluding tert-OH is 2. The Balaban J connectivity index is 1.36. The molecule has 0 spiro atoms. The summed E-state index contributed by atoms with van der Waals surface area (Å²) in [5.74, 6) is 6.12. The maximum absolute atomic E-state index is 12.1. The molecule has 4 atom stereocenters. The number of imidazole rings is 1. The summed E-state index contributed by atoms with van der Waals surface area (Å²) >= 11 is 6.17. The molecule has 1 fully saturated rings. The highest BCUT2D eigenvalue weighted by atomic mass is 35.5. The zero-order valence-electron chi connectivity index (χ0n) is 22.8. The molecule has 8 nitrogen and oxygen atoms in total. The summed E-state index contributed by atoms with van der Waals surface area (Å²) in [5, 5.41) is 25.3. The van der Waals surface area contributed by atoms with Crippen LogP contribution in [0, 0.1) is 17.8 Å². The number of rotatable bonds is 6. The largest absolute Gasteiger partial charge is 0.390 e. The smallest absolute Gasteiger partial charge is 0.209 e. The van der Waals surface area contributed by atoms with Gasteiger partial charge in [-0.3, -0.25) is 4.79 Å². The number of benzene rings is 3. The molecular weight excluding hydrogens is 550 g/mol. The van der Waals surface area contributed by atoms with Crippen molar-refractivity contribution in [1.29, 1.82) is 0 Å². The molecule has 0 radical (unpaired) electrons. The lowest BCUT2D eigenvalue weighted by Gasteiger charge is -2.18. The predicted octanol–water partition coefficient (Wildman–Crippen LogP) is 5.03. The first-order valence-corrected chi connectivity index (χ1v) is 14.0. The molecule has 1 saturated carbocycles. The summed E-state index contributed by atoms with van der Waals surface area (Å²) in [7, 11) is 0. The number of carbonyl (C=O) groups is 1. The van der Waals surface area contributed by atoms with E-state index in [1.165, 1.54) is 6.92 Å². The molecule has 3 N–H and O–H groups in total. The second kappa shape index (κ2) is 11.7. The molecule has 5 aromatic rings. The van der Waals surface area contributed by atoms with E-state index in [2.05, 4.69) is 39.3 Å². The van der Waals surface area contributed by atoms with E-state index in [0.717, 1.165) is 22.3 Å². The molecule has 210 valence electrons. The van der Waals surface area contributed by atoms with Gasteiger partial charge in [0.2, 0.25) is 5.82 Å². The summed E-state index contributed by atoms with van der Waals surface area (Å²) in [6.45, 7) is 1.86. The first-order chi connectivity index (χ1) is 20.4. The molecule has 2 heterocycles. The number of aromatic nitrogens is 4. The van der Waals surface area contributed by atoms with E-state index < -0.39 is 24.2 Å². The van der Waals surface area contributed by atoms with Crippen molar-refractivity contribution in [3.63, 3.8) is 0 Å². The third-order valence-electron chi connectivity index (χ3n) is 7.61. The number of carbonyl (C=O) groups excluding carboxylic acids is 1. The van der Waals surface area contributed by atoms with Crippen LogP contribution in [0.3, 0.4) is 0 Å². The molecule has 0 bridgehead atoms. The summed E-state index contributed by atoms with van der Waals surface area (Å²) in [6, 6.07) is 25.0. The number of hydrogen-bond donors (Lipinski definition) is 3. The number of halogens is 1. The van der Waals surface area contributed by atoms with E-state index in [9.17, 15) is 15.0 Å². The fourth-order valence-electron chi connectivity index (χ4n) is 5.36. The zero-order chi connectivity index (χ0) is 29.2. The maximum atomic E-state index is 12.1. The lowest BCUT2D eigenvalue weighted by Crippen LogP contribution is -2.31. The van der Waals surface area contributed by atoms with E-state index in [1.807, 2.05) is 66.7 Å². The minimum Gasteiger partial charge on any atom is -0.390 e. The van der Waals surface area contributed by atoms with Gasteiger partial charge in [-0.05, 0) is 60.2 Å². The minimum absolute atomic E-state index is 0.170. The van der Waals surface area contributed by atoms with Crippen LogP contribution in [0.25, 0.3) is 22.3 Å². The number of anilines is 1. The van der Waals surface area contributed by atoms with Crippen molar-refractivity contribution < 1.29 is 15.0 Å². The van der Waals surface area contributed by atoms with Crippen molar-refractivity contribution in [2.24, 2.45) is 5.92 Å². The quantitative estimate of drug-likeness (QED) is 0.243. The Morgan fingerprint density at radius 3 is 2.45 bits per heavy atom. The number of hydrogen-bond acceptors (Lipinski definition) is 7. The standard InChI is InChI=1S/C33H28ClN5O3/c1-20(40)26-17-27(31(42)30(26)41)39-19-36-29-32(35-18-22-6-5-9-25(34)16-22)37-28(38-33(29)39)15-12-21-10-13-24(14-11-21)23-7-3-2-4-8-23/h2-11,13-14,16,19,26-27,30-31,41-42H,17-18H2,1H3,(H,35,37,38)/t26-,27-,30?,31+/m1/s1. The predicted molar refractivity (Wildman–Crippen MR) is 162 cm³/mol. The minimum atomic E-state index is -1.16. The molecule has 42 heavy (non-hydrogen) atoms. The van der Waals surface area contributed by atoms with Crippen molar-refractivity contribution in [3.05, 3.63) is 107 Å². The second-order valence-corrected chi connectivity index (χ2v) is 10.8. The van der Waals surface area contributed by atoms with Gasteiger partial charge in [0, 0.05) is 23.0 Å². The van der Waals surface area contributed by atoms with E-state index in [4.69, 9.17) is 16.6 Å². The van der Waals surface area contributed by atoms with E-state index >= 15 is 0 Å². The Kier molecular flexibility index (Phi) is 7.72. The molecule has 0 aliphatic heterocycles. The SMILES string of the molecule is CC(=O)[C@H]1C[C@@H](n2cnc3c(NCc4cccc(Cl)c4)nc(C#Cc4ccc(-c5ccccc5)cc4)nc32)[C@H](O)C1O. The van der Waals surface area contributed by atoms with Crippen LogP contribution < -0.4 is 5.32 Å². The van der Waals surface area contributed by atoms with Crippen molar-refractivity contribution in [2.75, 3.05) is 5.32 Å². The number of Topliss-reactive ketones (excluding diaryl/α,β-unsaturated/α-hetero) is 1. The number of ketones is 1. The van der Waals surface area contributed by atoms with Crippen molar-refractivity contribution in [2.45, 2.75) is 38.1 Å². The van der Waals surface area contributed by atoms with Gasteiger partial charge in [0.1, 0.15) is 11.9 Å². The Labute approximate surface area is 248 Å². The fraction of sp³-hybridized carbons (Fsp3) is 0.212. The molecule has 1 aliphatic carbocycles. The highest BCUT2D eigenvalue weighted by Gasteiger charge is 2.45. The Morgan fingerprint density at radius 1 is 0.976 bits per heavy atom. The lowest BCUT2D eigenvalue weighted by molar-refractivity contribution is -0.124. The molecule has 2 aromatic heterocycles. The molecular formula is C33H28ClN5O3. The molecule has 0 amide bonds. The molecule has 3 aromatic carbocycles. The average Bonchev–Trinajstić information content (AvgIpc) is 3.56. The van der Waals surface area contributed by atoms with Crippen LogP contribution >= 0.6 is 11.6 Å². The normalized spacial score (nSPS) is 19.8. The monoisotopic (exact) mass is 577 g/mol. The van der Waals surface area contributed by atoms with E-state index in [0.29, 0.717) is 28.5 Å². The molecule has 9 heteroatoms. The third-order valence-corrected chi connectivity index (χ3v) is 7.85. The highest BCUT2D eigenvalue weighted by Crippen LogP contribution is 2.38. The van der Waals surface area contributed by atoms with Gasteiger partial charge in [0.15, 0.2) is 17.0 Å². The van der Waals surface area contributed by atoms with Crippen LogP contribution in [0.4, 0.5) is 5.82 Å². The summed E-state index contributed by atoms with van der Waals surface area (Å²) in [6.07, 6.45) is -0.475. The van der Waals surface area contributed by atoms with Gasteiger partial charge in [-0.15, -0.1) is 0 Å². The van der Waals surface area contributed by atoms with Crippen LogP contribution in [-0.2, 0) is 11.3 Å². The van der Waals surface area contributed by atoms with E-state index in [1.54, 1.807) is 10.9 Å². The topological polar surface area (TPSA) is 113 Å². The van der Waals surface area contributed by atoms with Crippen molar-refractivity contribution in [3.8, 4) is 23.0 Å². The van der Waals surface area contributed by atoms with Crippen LogP contribution in [-0.4, -0.2) is 47.7 Å². The second-order valence-electron chi connectivity index (χ2n) is 10.4. The van der Waals surface area contributed by atoms with Gasteiger partial charge in [0.05, 0.1) is 18.5 Å². The van der Waals surface area contributed by atoms with Crippen LogP contribution in [0.1, 0.15) is 36.3 Å². The van der Waals surface area contributed by atoms with Crippen LogP contribution in [0.15, 0.2) is 85.2 Å². The van der Waals surface area contributed by atoms with Gasteiger partial charge in [0.25, 0.3) is 0 Å². The number of nitrogens with zero attached hydrogens (tertiary/aromatic N) is 4. The van der Waals surface area contributed by atoms with Crippen LogP contribution in [0.5, 0.6) is 0 Å². The maximum Gasteiger partial charge on any atom is 0.209 e. The number of fused-ring (bicyclic) bond motifs is 1. The molecule has 6 rings (SSSR count). The van der Waals surface area contributed by atoms with Crippen molar-refractivity contribution in [1.82, 2.24) is 19.5 Å². The lowest BCUT2D eigenvalue weighted by atomic mass is 10.0. The van der Waals surface area contributed by atoms with Gasteiger partial charge < -0.3 is 20.1 Å². The Bertz CT molecular complexity index is 1810. The Hall–Kier alpha value is -4.55.